The highest BCUT2D eigenvalue weighted by Crippen LogP contribution is 2.36. The standard InChI is InChI=1S/C20H18F2N4O3/c1-26-10-15(19(24)14(20(26)27)9-25-28-2)13-8-12(23)4-6-17(13)29-18-5-3-11(21)7-16(18)22/h3-10,24-25H,23H2,1-2H3/b14-9+,24-19?. The largest absolute Gasteiger partial charge is 0.454 e. The number of nitrogen functional groups attached to an aromatic ring is 1. The molecule has 1 heterocycles. The zero-order chi connectivity index (χ0) is 21.1. The number of benzene rings is 2. The van der Waals surface area contributed by atoms with Gasteiger partial charge in [0.1, 0.15) is 11.6 Å². The molecule has 1 aliphatic rings. The number of hydrogen-bond donors (Lipinski definition) is 3. The summed E-state index contributed by atoms with van der Waals surface area (Å²) in [6.07, 6.45) is 2.72. The van der Waals surface area contributed by atoms with Crippen LogP contribution in [0.1, 0.15) is 5.56 Å². The van der Waals surface area contributed by atoms with Crippen LogP contribution in [0, 0.1) is 17.0 Å². The average molecular weight is 400 g/mol. The molecule has 2 aromatic rings. The predicted octanol–water partition coefficient (Wildman–Crippen LogP) is 3.21. The van der Waals surface area contributed by atoms with Gasteiger partial charge < -0.3 is 15.4 Å². The maximum Gasteiger partial charge on any atom is 0.261 e. The number of anilines is 1. The minimum Gasteiger partial charge on any atom is -0.454 e. The molecule has 9 heteroatoms. The van der Waals surface area contributed by atoms with Gasteiger partial charge >= 0.3 is 0 Å². The first-order valence-electron chi connectivity index (χ1n) is 8.41. The number of amides is 1. The Labute approximate surface area is 165 Å². The fraction of sp³-hybridized carbons (Fsp3) is 0.100. The first-order chi connectivity index (χ1) is 13.8. The van der Waals surface area contributed by atoms with Gasteiger partial charge in [-0.3, -0.25) is 20.5 Å². The summed E-state index contributed by atoms with van der Waals surface area (Å²) < 4.78 is 32.9. The normalized spacial score (nSPS) is 15.5. The van der Waals surface area contributed by atoms with Crippen LogP contribution < -0.4 is 16.0 Å². The second-order valence-electron chi connectivity index (χ2n) is 6.15. The van der Waals surface area contributed by atoms with Crippen molar-refractivity contribution in [2.45, 2.75) is 0 Å². The summed E-state index contributed by atoms with van der Waals surface area (Å²) >= 11 is 0. The molecule has 1 amide bonds. The Hall–Kier alpha value is -3.72. The minimum atomic E-state index is -0.877. The molecule has 0 radical (unpaired) electrons. The van der Waals surface area contributed by atoms with Gasteiger partial charge in [0.2, 0.25) is 0 Å². The topological polar surface area (TPSA) is 101 Å². The second kappa shape index (κ2) is 8.11. The number of hydroxylamine groups is 1. The summed E-state index contributed by atoms with van der Waals surface area (Å²) in [6.45, 7) is 0. The summed E-state index contributed by atoms with van der Waals surface area (Å²) in [5, 5.41) is 8.46. The zero-order valence-electron chi connectivity index (χ0n) is 15.6. The molecule has 0 saturated heterocycles. The van der Waals surface area contributed by atoms with Crippen LogP contribution in [0.4, 0.5) is 14.5 Å². The fourth-order valence-electron chi connectivity index (χ4n) is 2.74. The molecule has 0 spiro atoms. The van der Waals surface area contributed by atoms with Crippen LogP contribution >= 0.6 is 0 Å². The highest BCUT2D eigenvalue weighted by Gasteiger charge is 2.29. The molecule has 4 N–H and O–H groups in total. The Morgan fingerprint density at radius 3 is 2.59 bits per heavy atom. The van der Waals surface area contributed by atoms with E-state index in [1.54, 1.807) is 12.1 Å². The Kier molecular flexibility index (Phi) is 5.60. The van der Waals surface area contributed by atoms with Crippen molar-refractivity contribution in [2.75, 3.05) is 19.9 Å². The monoisotopic (exact) mass is 400 g/mol. The number of ether oxygens (including phenoxy) is 1. The van der Waals surface area contributed by atoms with Crippen molar-refractivity contribution in [2.24, 2.45) is 0 Å². The van der Waals surface area contributed by atoms with Gasteiger partial charge in [-0.1, -0.05) is 0 Å². The summed E-state index contributed by atoms with van der Waals surface area (Å²) in [5.74, 6) is -2.04. The zero-order valence-corrected chi connectivity index (χ0v) is 15.6. The molecule has 0 aliphatic carbocycles. The summed E-state index contributed by atoms with van der Waals surface area (Å²) in [4.78, 5) is 18.4. The Morgan fingerprint density at radius 1 is 1.17 bits per heavy atom. The fourth-order valence-corrected chi connectivity index (χ4v) is 2.74. The van der Waals surface area contributed by atoms with Gasteiger partial charge in [-0.15, -0.1) is 0 Å². The van der Waals surface area contributed by atoms with E-state index in [4.69, 9.17) is 20.7 Å². The Bertz CT molecular complexity index is 1050. The van der Waals surface area contributed by atoms with Crippen molar-refractivity contribution in [3.8, 4) is 11.5 Å². The number of nitrogens with two attached hydrogens (primary N) is 1. The molecule has 2 aromatic carbocycles. The SMILES string of the molecule is CON/C=C1\C(=N)C(c2cc(N)ccc2Oc2ccc(F)cc2F)=CN(C)C1=O. The number of nitrogens with one attached hydrogen (secondary N) is 2. The molecular formula is C20H18F2N4O3. The van der Waals surface area contributed by atoms with E-state index in [-0.39, 0.29) is 22.8 Å². The lowest BCUT2D eigenvalue weighted by Crippen LogP contribution is -2.33. The van der Waals surface area contributed by atoms with Crippen molar-refractivity contribution < 1.29 is 23.1 Å². The number of carbonyl (C=O) groups is 1. The van der Waals surface area contributed by atoms with Crippen molar-refractivity contribution in [1.29, 1.82) is 5.41 Å². The van der Waals surface area contributed by atoms with E-state index in [1.165, 1.54) is 37.5 Å². The Balaban J connectivity index is 2.08. The molecule has 0 atom stereocenters. The first-order valence-corrected chi connectivity index (χ1v) is 8.41. The molecule has 1 aliphatic heterocycles. The lowest BCUT2D eigenvalue weighted by Gasteiger charge is -2.25. The van der Waals surface area contributed by atoms with E-state index in [2.05, 4.69) is 5.48 Å². The van der Waals surface area contributed by atoms with Crippen LogP contribution in [0.15, 0.2) is 54.4 Å². The number of rotatable bonds is 5. The van der Waals surface area contributed by atoms with E-state index in [0.29, 0.717) is 22.9 Å². The quantitative estimate of drug-likeness (QED) is 0.407. The van der Waals surface area contributed by atoms with E-state index in [1.807, 2.05) is 0 Å². The van der Waals surface area contributed by atoms with Crippen LogP contribution in [0.5, 0.6) is 11.5 Å². The molecular weight excluding hydrogens is 382 g/mol. The number of allylic oxidation sites excluding steroid dienone is 1. The Morgan fingerprint density at radius 2 is 1.90 bits per heavy atom. The molecule has 0 bridgehead atoms. The maximum absolute atomic E-state index is 14.1. The third kappa shape index (κ3) is 4.09. The van der Waals surface area contributed by atoms with Crippen molar-refractivity contribution in [3.05, 3.63) is 71.6 Å². The van der Waals surface area contributed by atoms with Gasteiger partial charge in [0.05, 0.1) is 18.4 Å². The number of nitrogens with zero attached hydrogens (tertiary/aromatic N) is 1. The summed E-state index contributed by atoms with van der Waals surface area (Å²) in [7, 11) is 2.90. The molecule has 0 fully saturated rings. The van der Waals surface area contributed by atoms with Gasteiger partial charge in [0.25, 0.3) is 5.91 Å². The van der Waals surface area contributed by atoms with Gasteiger partial charge in [-0.25, -0.2) is 8.78 Å². The van der Waals surface area contributed by atoms with Crippen LogP contribution in [0.3, 0.4) is 0 Å². The van der Waals surface area contributed by atoms with Crippen LogP contribution in [-0.4, -0.2) is 30.7 Å². The molecule has 0 aromatic heterocycles. The number of hydrogen-bond acceptors (Lipinski definition) is 6. The van der Waals surface area contributed by atoms with Crippen molar-refractivity contribution >= 4 is 22.9 Å². The minimum absolute atomic E-state index is 0.0492. The van der Waals surface area contributed by atoms with Crippen LogP contribution in [0.25, 0.3) is 5.57 Å². The van der Waals surface area contributed by atoms with Crippen molar-refractivity contribution in [1.82, 2.24) is 10.4 Å². The third-order valence-corrected chi connectivity index (χ3v) is 4.14. The number of likely N-dealkylation sites (N-methyl/N-ethyl adjacent to an activating group) is 1. The number of halogens is 2. The highest BCUT2D eigenvalue weighted by molar-refractivity contribution is 6.41. The van der Waals surface area contributed by atoms with Gasteiger partial charge in [0, 0.05) is 42.3 Å². The second-order valence-corrected chi connectivity index (χ2v) is 6.15. The van der Waals surface area contributed by atoms with Crippen LogP contribution in [0.2, 0.25) is 0 Å². The third-order valence-electron chi connectivity index (χ3n) is 4.14. The number of carbonyl (C=O) groups excluding carboxylic acids is 1. The van der Waals surface area contributed by atoms with E-state index >= 15 is 0 Å². The first kappa shape index (κ1) is 20.0. The lowest BCUT2D eigenvalue weighted by atomic mass is 9.92. The molecule has 29 heavy (non-hydrogen) atoms. The van der Waals surface area contributed by atoms with E-state index < -0.39 is 17.5 Å². The molecule has 7 nitrogen and oxygen atoms in total. The highest BCUT2D eigenvalue weighted by atomic mass is 19.1. The van der Waals surface area contributed by atoms with Crippen molar-refractivity contribution in [3.63, 3.8) is 0 Å². The molecule has 0 saturated carbocycles. The smallest absolute Gasteiger partial charge is 0.261 e. The predicted molar refractivity (Wildman–Crippen MR) is 104 cm³/mol. The molecule has 0 unspecified atom stereocenters. The summed E-state index contributed by atoms with van der Waals surface area (Å²) in [6, 6.07) is 7.54. The summed E-state index contributed by atoms with van der Waals surface area (Å²) in [5.41, 5.74) is 9.33. The van der Waals surface area contributed by atoms with Gasteiger partial charge in [-0.05, 0) is 30.3 Å². The van der Waals surface area contributed by atoms with Gasteiger partial charge in [-0.2, -0.15) is 0 Å². The molecule has 150 valence electrons. The van der Waals surface area contributed by atoms with E-state index in [0.717, 1.165) is 12.1 Å². The lowest BCUT2D eigenvalue weighted by molar-refractivity contribution is -0.123. The van der Waals surface area contributed by atoms with Crippen LogP contribution in [-0.2, 0) is 9.63 Å². The maximum atomic E-state index is 14.1. The molecule has 3 rings (SSSR count). The average Bonchev–Trinajstić information content (AvgIpc) is 2.68. The van der Waals surface area contributed by atoms with E-state index in [9.17, 15) is 13.6 Å². The van der Waals surface area contributed by atoms with Gasteiger partial charge in [0.15, 0.2) is 11.6 Å².